The van der Waals surface area contributed by atoms with Gasteiger partial charge in [-0.2, -0.15) is 0 Å². The van der Waals surface area contributed by atoms with Gasteiger partial charge in [-0.15, -0.1) is 0 Å². The molecule has 4 rings (SSSR count). The fraction of sp³-hybridized carbons (Fsp3) is 0.414. The summed E-state index contributed by atoms with van der Waals surface area (Å²) in [6.45, 7) is 6.16. The molecule has 3 aromatic rings. The van der Waals surface area contributed by atoms with E-state index in [0.717, 1.165) is 52.7 Å². The average molecular weight is 538 g/mol. The highest BCUT2D eigenvalue weighted by Gasteiger charge is 2.31. The van der Waals surface area contributed by atoms with Gasteiger partial charge in [0.25, 0.3) is 5.91 Å². The number of piperidine rings is 1. The van der Waals surface area contributed by atoms with E-state index >= 15 is 0 Å². The molecule has 10 heteroatoms. The molecular weight excluding hydrogens is 502 g/mol. The Hall–Kier alpha value is -3.89. The summed E-state index contributed by atoms with van der Waals surface area (Å²) in [4.78, 5) is 40.7. The van der Waals surface area contributed by atoms with Gasteiger partial charge >= 0.3 is 11.9 Å². The fourth-order valence-electron chi connectivity index (χ4n) is 5.36. The third kappa shape index (κ3) is 6.40. The molecule has 4 N–H and O–H groups in total. The van der Waals surface area contributed by atoms with Crippen molar-refractivity contribution in [2.45, 2.75) is 57.8 Å². The largest absolute Gasteiger partial charge is 0.496 e. The number of nitrogens with zero attached hydrogens (tertiary/aromatic N) is 1. The first-order valence-electron chi connectivity index (χ1n) is 13.1. The number of ether oxygens (including phenoxy) is 2. The van der Waals surface area contributed by atoms with Crippen molar-refractivity contribution in [3.05, 3.63) is 64.8 Å². The van der Waals surface area contributed by atoms with Crippen molar-refractivity contribution >= 4 is 28.7 Å². The molecule has 208 valence electrons. The Morgan fingerprint density at radius 3 is 2.56 bits per heavy atom. The Bertz CT molecular complexity index is 1330. The summed E-state index contributed by atoms with van der Waals surface area (Å²) in [6.07, 6.45) is 3.03. The minimum absolute atomic E-state index is 0.0196. The van der Waals surface area contributed by atoms with E-state index in [9.17, 15) is 19.5 Å². The van der Waals surface area contributed by atoms with Crippen LogP contribution >= 0.6 is 0 Å². The standard InChI is InChI=1S/C29H35N3O7/c1-4-39-20-10-12-32(16-22-21-9-11-30-27(21)17(2)13-25(22)38-3)24(14-20)18-5-7-19(8-6-18)28(35)31-23(29(36)37)15-26(33)34/h5-9,11,13,20,23-24,30H,4,10,12,14-16H2,1-3H3,(H,31,35)(H,33,34)(H,36,37)/t20-,23+,24+/m1/s1. The summed E-state index contributed by atoms with van der Waals surface area (Å²) in [7, 11) is 1.69. The molecule has 39 heavy (non-hydrogen) atoms. The molecule has 1 aliphatic rings. The van der Waals surface area contributed by atoms with Gasteiger partial charge < -0.3 is 30.0 Å². The lowest BCUT2D eigenvalue weighted by Gasteiger charge is -2.40. The van der Waals surface area contributed by atoms with Gasteiger partial charge in [-0.05, 0) is 62.1 Å². The number of methoxy groups -OCH3 is 1. The van der Waals surface area contributed by atoms with Crippen LogP contribution in [-0.4, -0.2) is 70.3 Å². The monoisotopic (exact) mass is 537 g/mol. The van der Waals surface area contributed by atoms with Crippen LogP contribution in [0.2, 0.25) is 0 Å². The highest BCUT2D eigenvalue weighted by atomic mass is 16.5. The molecule has 0 saturated carbocycles. The average Bonchev–Trinajstić information content (AvgIpc) is 3.41. The predicted molar refractivity (Wildman–Crippen MR) is 145 cm³/mol. The normalized spacial score (nSPS) is 18.5. The van der Waals surface area contributed by atoms with Gasteiger partial charge in [0, 0.05) is 54.0 Å². The maximum Gasteiger partial charge on any atom is 0.326 e. The van der Waals surface area contributed by atoms with E-state index in [0.29, 0.717) is 13.2 Å². The predicted octanol–water partition coefficient (Wildman–Crippen LogP) is 3.88. The van der Waals surface area contributed by atoms with Gasteiger partial charge in [0.2, 0.25) is 0 Å². The number of carboxylic acids is 2. The number of H-pyrrole nitrogens is 1. The number of aromatic nitrogens is 1. The summed E-state index contributed by atoms with van der Waals surface area (Å²) < 4.78 is 11.8. The molecule has 2 aromatic carbocycles. The lowest BCUT2D eigenvalue weighted by atomic mass is 9.91. The molecule has 0 radical (unpaired) electrons. The Labute approximate surface area is 226 Å². The number of carboxylic acid groups (broad SMARTS) is 2. The fourth-order valence-corrected chi connectivity index (χ4v) is 5.36. The number of aliphatic carboxylic acids is 2. The van der Waals surface area contributed by atoms with Crippen LogP contribution in [0.1, 0.15) is 59.3 Å². The van der Waals surface area contributed by atoms with E-state index in [1.54, 1.807) is 19.2 Å². The molecule has 10 nitrogen and oxygen atoms in total. The van der Waals surface area contributed by atoms with Crippen molar-refractivity contribution in [1.82, 2.24) is 15.2 Å². The quantitative estimate of drug-likeness (QED) is 0.289. The molecule has 1 saturated heterocycles. The van der Waals surface area contributed by atoms with Crippen LogP contribution in [0.15, 0.2) is 42.6 Å². The van der Waals surface area contributed by atoms with Gasteiger partial charge in [0.15, 0.2) is 0 Å². The molecule has 0 bridgehead atoms. The van der Waals surface area contributed by atoms with E-state index in [1.807, 2.05) is 25.3 Å². The first-order chi connectivity index (χ1) is 18.7. The first kappa shape index (κ1) is 28.1. The van der Waals surface area contributed by atoms with Crippen LogP contribution in [0.4, 0.5) is 0 Å². The number of aryl methyl sites for hydroxylation is 1. The third-order valence-corrected chi connectivity index (χ3v) is 7.30. The number of nitrogens with one attached hydrogen (secondary N) is 2. The molecule has 2 heterocycles. The number of carbonyl (C=O) groups excluding carboxylic acids is 1. The van der Waals surface area contributed by atoms with E-state index in [4.69, 9.17) is 14.6 Å². The van der Waals surface area contributed by atoms with E-state index < -0.39 is 30.3 Å². The van der Waals surface area contributed by atoms with Gasteiger partial charge in [-0.3, -0.25) is 14.5 Å². The first-order valence-corrected chi connectivity index (χ1v) is 13.1. The minimum atomic E-state index is -1.51. The number of aromatic amines is 1. The second-order valence-electron chi connectivity index (χ2n) is 9.81. The van der Waals surface area contributed by atoms with Crippen LogP contribution in [0.5, 0.6) is 5.75 Å². The molecule has 1 aliphatic heterocycles. The molecular formula is C29H35N3O7. The zero-order valence-electron chi connectivity index (χ0n) is 22.4. The molecule has 1 fully saturated rings. The van der Waals surface area contributed by atoms with Crippen LogP contribution in [0.25, 0.3) is 10.9 Å². The Morgan fingerprint density at radius 1 is 1.18 bits per heavy atom. The smallest absolute Gasteiger partial charge is 0.326 e. The highest BCUT2D eigenvalue weighted by molar-refractivity contribution is 5.97. The molecule has 1 amide bonds. The van der Waals surface area contributed by atoms with E-state index in [-0.39, 0.29) is 17.7 Å². The molecule has 3 atom stereocenters. The number of amides is 1. The van der Waals surface area contributed by atoms with Crippen LogP contribution in [-0.2, 0) is 20.9 Å². The van der Waals surface area contributed by atoms with Crippen molar-refractivity contribution in [1.29, 1.82) is 0 Å². The van der Waals surface area contributed by atoms with Crippen LogP contribution < -0.4 is 10.1 Å². The van der Waals surface area contributed by atoms with Gasteiger partial charge in [0.1, 0.15) is 11.8 Å². The van der Waals surface area contributed by atoms with Gasteiger partial charge in [-0.25, -0.2) is 4.79 Å². The van der Waals surface area contributed by atoms with Crippen molar-refractivity contribution in [2.75, 3.05) is 20.3 Å². The van der Waals surface area contributed by atoms with Crippen LogP contribution in [0.3, 0.4) is 0 Å². The minimum Gasteiger partial charge on any atom is -0.496 e. The van der Waals surface area contributed by atoms with Gasteiger partial charge in [0.05, 0.1) is 19.6 Å². The second-order valence-corrected chi connectivity index (χ2v) is 9.81. The zero-order valence-corrected chi connectivity index (χ0v) is 22.4. The van der Waals surface area contributed by atoms with E-state index in [2.05, 4.69) is 34.3 Å². The van der Waals surface area contributed by atoms with Crippen molar-refractivity contribution in [2.24, 2.45) is 0 Å². The number of benzene rings is 2. The third-order valence-electron chi connectivity index (χ3n) is 7.30. The summed E-state index contributed by atoms with van der Waals surface area (Å²) >= 11 is 0. The molecule has 0 aliphatic carbocycles. The van der Waals surface area contributed by atoms with Crippen molar-refractivity contribution in [3.63, 3.8) is 0 Å². The van der Waals surface area contributed by atoms with Gasteiger partial charge in [-0.1, -0.05) is 12.1 Å². The van der Waals surface area contributed by atoms with Crippen molar-refractivity contribution in [3.8, 4) is 5.75 Å². The summed E-state index contributed by atoms with van der Waals surface area (Å²) in [5.41, 5.74) is 4.57. The number of rotatable bonds is 11. The summed E-state index contributed by atoms with van der Waals surface area (Å²) in [6, 6.07) is 9.66. The maximum atomic E-state index is 12.7. The SMILES string of the molecule is CCO[C@@H]1CCN(Cc2c(OC)cc(C)c3[nH]ccc23)[C@H](c2ccc(C(=O)N[C@@H](CC(=O)O)C(=O)O)cc2)C1. The lowest BCUT2D eigenvalue weighted by Crippen LogP contribution is -2.42. The highest BCUT2D eigenvalue weighted by Crippen LogP contribution is 2.38. The molecule has 0 spiro atoms. The molecule has 0 unspecified atom stereocenters. The second kappa shape index (κ2) is 12.3. The maximum absolute atomic E-state index is 12.7. The Balaban J connectivity index is 1.59. The topological polar surface area (TPSA) is 141 Å². The number of hydrogen-bond donors (Lipinski definition) is 4. The number of fused-ring (bicyclic) bond motifs is 1. The molecule has 1 aromatic heterocycles. The lowest BCUT2D eigenvalue weighted by molar-refractivity contribution is -0.145. The Morgan fingerprint density at radius 2 is 1.92 bits per heavy atom. The number of carbonyl (C=O) groups is 3. The van der Waals surface area contributed by atoms with E-state index in [1.165, 1.54) is 0 Å². The van der Waals surface area contributed by atoms with Crippen molar-refractivity contribution < 1.29 is 34.1 Å². The number of hydrogen-bond acceptors (Lipinski definition) is 6. The summed E-state index contributed by atoms with van der Waals surface area (Å²) in [5, 5.41) is 21.6. The number of likely N-dealkylation sites (tertiary alicyclic amines) is 1. The Kier molecular flexibility index (Phi) is 8.88. The summed E-state index contributed by atoms with van der Waals surface area (Å²) in [5.74, 6) is -2.50. The zero-order chi connectivity index (χ0) is 28.1. The van der Waals surface area contributed by atoms with Crippen LogP contribution in [0, 0.1) is 6.92 Å².